The zero-order valence-corrected chi connectivity index (χ0v) is 15.2. The average molecular weight is 373 g/mol. The van der Waals surface area contributed by atoms with E-state index >= 15 is 0 Å². The summed E-state index contributed by atoms with van der Waals surface area (Å²) in [5.41, 5.74) is 1.83. The van der Waals surface area contributed by atoms with Crippen molar-refractivity contribution >= 4 is 23.4 Å². The molecule has 6 nitrogen and oxygen atoms in total. The van der Waals surface area contributed by atoms with Crippen LogP contribution in [0.25, 0.3) is 0 Å². The number of nitrogens with zero attached hydrogens (tertiary/aromatic N) is 1. The van der Waals surface area contributed by atoms with Crippen molar-refractivity contribution in [3.05, 3.63) is 65.7 Å². The molecule has 0 fully saturated rings. The predicted octanol–water partition coefficient (Wildman–Crippen LogP) is 1.75. The third-order valence-electron chi connectivity index (χ3n) is 3.77. The van der Waals surface area contributed by atoms with Crippen LogP contribution >= 0.6 is 0 Å². The fourth-order valence-corrected chi connectivity index (χ4v) is 3.26. The van der Waals surface area contributed by atoms with E-state index in [0.29, 0.717) is 13.6 Å². The Morgan fingerprint density at radius 2 is 1.81 bits per heavy atom. The molecule has 0 saturated carbocycles. The zero-order chi connectivity index (χ0) is 19.0. The molecule has 0 aliphatic heterocycles. The van der Waals surface area contributed by atoms with E-state index in [1.807, 2.05) is 37.3 Å². The Balaban J connectivity index is 2.06. The van der Waals surface area contributed by atoms with Crippen molar-refractivity contribution < 1.29 is 22.4 Å². The fourth-order valence-electron chi connectivity index (χ4n) is 2.33. The van der Waals surface area contributed by atoms with Gasteiger partial charge in [0, 0.05) is 0 Å². The van der Waals surface area contributed by atoms with Crippen LogP contribution in [-0.2, 0) is 25.4 Å². The maximum absolute atomic E-state index is 12.2. The first-order valence-corrected chi connectivity index (χ1v) is 9.48. The van der Waals surface area contributed by atoms with Crippen LogP contribution in [0.4, 0.5) is 0 Å². The van der Waals surface area contributed by atoms with Crippen molar-refractivity contribution in [1.29, 1.82) is 0 Å². The van der Waals surface area contributed by atoms with Crippen molar-refractivity contribution in [3.8, 4) is 0 Å². The first-order valence-electron chi connectivity index (χ1n) is 8.07. The molecule has 0 spiro atoms. The van der Waals surface area contributed by atoms with Crippen LogP contribution in [0.15, 0.2) is 64.5 Å². The standard InChI is InChI=1S/C18H20BNO5S/c1-14-7-9-16(10-8-14)26(23,24)25-12-18(21)17(20-13-19-22)11-15-5-3-2-4-6-15/h2-10,13,17-18,21H,11-12H2,1H3. The summed E-state index contributed by atoms with van der Waals surface area (Å²) >= 11 is 0. The second-order valence-corrected chi connectivity index (χ2v) is 7.43. The molecule has 0 bridgehead atoms. The molecule has 2 aromatic rings. The molecule has 8 heteroatoms. The molecule has 0 aliphatic rings. The third-order valence-corrected chi connectivity index (χ3v) is 5.07. The molecule has 0 radical (unpaired) electrons. The van der Waals surface area contributed by atoms with Gasteiger partial charge in [0.25, 0.3) is 0 Å². The number of rotatable bonds is 9. The van der Waals surface area contributed by atoms with Gasteiger partial charge in [-0.1, -0.05) is 0 Å². The Labute approximate surface area is 153 Å². The first kappa shape index (κ1) is 20.2. The average Bonchev–Trinajstić information content (AvgIpc) is 2.64. The van der Waals surface area contributed by atoms with Gasteiger partial charge in [0.1, 0.15) is 0 Å². The van der Waals surface area contributed by atoms with Crippen LogP contribution in [0, 0.1) is 6.92 Å². The molecule has 2 unspecified atom stereocenters. The van der Waals surface area contributed by atoms with Gasteiger partial charge in [-0.25, -0.2) is 0 Å². The summed E-state index contributed by atoms with van der Waals surface area (Å²) in [4.78, 5) is 4.02. The molecule has 26 heavy (non-hydrogen) atoms. The van der Waals surface area contributed by atoms with E-state index in [2.05, 4.69) is 4.99 Å². The van der Waals surface area contributed by atoms with Gasteiger partial charge < -0.3 is 0 Å². The number of hydrogen-bond donors (Lipinski definition) is 1. The normalized spacial score (nSPS) is 14.1. The molecular weight excluding hydrogens is 353 g/mol. The minimum atomic E-state index is -3.98. The summed E-state index contributed by atoms with van der Waals surface area (Å²) in [5.74, 6) is 0. The number of aliphatic hydroxyl groups excluding tert-OH is 1. The number of aryl methyl sites for hydroxylation is 1. The summed E-state index contributed by atoms with van der Waals surface area (Å²) in [6.07, 6.45) is 0.206. The Bertz CT molecular complexity index is 838. The van der Waals surface area contributed by atoms with E-state index in [9.17, 15) is 18.2 Å². The SMILES string of the molecule is Cc1ccc(S(=O)(=O)OCC(O)C(Cc2ccccc2)N=CB=O)cc1. The Kier molecular flexibility index (Phi) is 7.38. The van der Waals surface area contributed by atoms with Crippen LogP contribution in [0.1, 0.15) is 11.1 Å². The van der Waals surface area contributed by atoms with Gasteiger partial charge in [-0.15, -0.1) is 0 Å². The van der Waals surface area contributed by atoms with E-state index in [-0.39, 0.29) is 4.90 Å². The van der Waals surface area contributed by atoms with Gasteiger partial charge >= 0.3 is 154 Å². The summed E-state index contributed by atoms with van der Waals surface area (Å²) in [5, 5.41) is 10.3. The number of aliphatic imine (C=N–C) groups is 1. The zero-order valence-electron chi connectivity index (χ0n) is 14.4. The molecule has 0 amide bonds. The predicted molar refractivity (Wildman–Crippen MR) is 99.2 cm³/mol. The third kappa shape index (κ3) is 5.98. The van der Waals surface area contributed by atoms with Crippen LogP contribution in [0.3, 0.4) is 0 Å². The van der Waals surface area contributed by atoms with Crippen LogP contribution in [-0.4, -0.2) is 45.5 Å². The van der Waals surface area contributed by atoms with E-state index in [4.69, 9.17) is 4.18 Å². The van der Waals surface area contributed by atoms with Gasteiger partial charge in [0.15, 0.2) is 0 Å². The second kappa shape index (κ2) is 9.52. The quantitative estimate of drug-likeness (QED) is 0.411. The molecule has 2 atom stereocenters. The van der Waals surface area contributed by atoms with Crippen LogP contribution in [0.2, 0.25) is 0 Å². The number of aliphatic hydroxyl groups is 1. The van der Waals surface area contributed by atoms with E-state index in [1.54, 1.807) is 12.1 Å². The molecule has 0 heterocycles. The van der Waals surface area contributed by atoms with Gasteiger partial charge in [-0.05, 0) is 0 Å². The van der Waals surface area contributed by atoms with Gasteiger partial charge in [0.2, 0.25) is 0 Å². The van der Waals surface area contributed by atoms with E-state index in [1.165, 1.54) is 12.1 Å². The monoisotopic (exact) mass is 373 g/mol. The minimum absolute atomic E-state index is 0.0197. The van der Waals surface area contributed by atoms with Crippen molar-refractivity contribution in [2.75, 3.05) is 6.61 Å². The topological polar surface area (TPSA) is 93.0 Å². The molecule has 0 aromatic heterocycles. The summed E-state index contributed by atoms with van der Waals surface area (Å²) < 4.78 is 40.0. The van der Waals surface area contributed by atoms with Gasteiger partial charge in [-0.3, -0.25) is 0 Å². The molecular formula is C18H20BNO5S. The maximum atomic E-state index is 12.2. The van der Waals surface area contributed by atoms with Crippen molar-refractivity contribution in [3.63, 3.8) is 0 Å². The van der Waals surface area contributed by atoms with Gasteiger partial charge in [-0.2, -0.15) is 0 Å². The Morgan fingerprint density at radius 1 is 1.15 bits per heavy atom. The molecule has 2 rings (SSSR count). The first-order chi connectivity index (χ1) is 12.4. The van der Waals surface area contributed by atoms with Crippen molar-refractivity contribution in [1.82, 2.24) is 0 Å². The molecule has 0 aliphatic carbocycles. The van der Waals surface area contributed by atoms with Crippen LogP contribution in [0.5, 0.6) is 0 Å². The molecule has 2 aromatic carbocycles. The Hall–Kier alpha value is -2.16. The fraction of sp³-hybridized carbons (Fsp3) is 0.278. The summed E-state index contributed by atoms with van der Waals surface area (Å²) in [6.45, 7) is 1.39. The number of hydrogen-bond acceptors (Lipinski definition) is 6. The summed E-state index contributed by atoms with van der Waals surface area (Å²) in [6, 6.07) is 14.8. The Morgan fingerprint density at radius 3 is 2.42 bits per heavy atom. The van der Waals surface area contributed by atoms with E-state index < -0.39 is 28.9 Å². The van der Waals surface area contributed by atoms with Crippen LogP contribution < -0.4 is 0 Å². The molecule has 0 saturated heterocycles. The van der Waals surface area contributed by atoms with Crippen molar-refractivity contribution in [2.45, 2.75) is 30.4 Å². The van der Waals surface area contributed by atoms with Crippen molar-refractivity contribution in [2.24, 2.45) is 4.99 Å². The number of benzene rings is 2. The second-order valence-electron chi connectivity index (χ2n) is 5.81. The van der Waals surface area contributed by atoms with E-state index in [0.717, 1.165) is 17.2 Å². The summed E-state index contributed by atoms with van der Waals surface area (Å²) in [7, 11) is -3.47. The molecule has 1 N–H and O–H groups in total. The van der Waals surface area contributed by atoms with Gasteiger partial charge in [0.05, 0.1) is 0 Å². The molecule has 136 valence electrons.